The zero-order valence-corrected chi connectivity index (χ0v) is 26.5. The van der Waals surface area contributed by atoms with E-state index in [-0.39, 0.29) is 24.8 Å². The van der Waals surface area contributed by atoms with E-state index in [9.17, 15) is 18.0 Å². The van der Waals surface area contributed by atoms with Gasteiger partial charge >= 0.3 is 0 Å². The van der Waals surface area contributed by atoms with Gasteiger partial charge in [0.25, 0.3) is 0 Å². The van der Waals surface area contributed by atoms with Gasteiger partial charge in [0.2, 0.25) is 21.8 Å². The summed E-state index contributed by atoms with van der Waals surface area (Å²) in [4.78, 5) is 29.2. The minimum Gasteiger partial charge on any atom is -0.354 e. The standard InChI is InChI=1S/C30H34Cl3N3O4S/c1-20(2)17-34-30(38)28(16-22-9-6-5-7-10-22)35(18-24-25(32)11-8-12-26(24)33)29(37)19-36(41(4,39)40)27-14-13-23(31)15-21(27)3/h5-15,20,28H,16-19H2,1-4H3,(H,34,38)/t28-/m0/s1. The molecule has 0 aliphatic rings. The maximum Gasteiger partial charge on any atom is 0.244 e. The van der Waals surface area contributed by atoms with Crippen LogP contribution in [0.5, 0.6) is 0 Å². The predicted octanol–water partition coefficient (Wildman–Crippen LogP) is 6.13. The molecule has 0 bridgehead atoms. The van der Waals surface area contributed by atoms with Crippen molar-refractivity contribution in [2.45, 2.75) is 39.8 Å². The smallest absolute Gasteiger partial charge is 0.244 e. The number of carbonyl (C=O) groups excluding carboxylic acids is 2. The van der Waals surface area contributed by atoms with Crippen LogP contribution < -0.4 is 9.62 Å². The number of anilines is 1. The monoisotopic (exact) mass is 637 g/mol. The number of hydrogen-bond donors (Lipinski definition) is 1. The second-order valence-corrected chi connectivity index (χ2v) is 13.4. The van der Waals surface area contributed by atoms with E-state index in [2.05, 4.69) is 5.32 Å². The van der Waals surface area contributed by atoms with E-state index in [0.29, 0.717) is 38.4 Å². The molecular weight excluding hydrogens is 605 g/mol. The highest BCUT2D eigenvalue weighted by atomic mass is 35.5. The van der Waals surface area contributed by atoms with Gasteiger partial charge in [-0.3, -0.25) is 13.9 Å². The first kappa shape index (κ1) is 32.7. The summed E-state index contributed by atoms with van der Waals surface area (Å²) in [5.41, 5.74) is 2.16. The molecule has 0 aliphatic carbocycles. The molecule has 0 aliphatic heterocycles. The number of rotatable bonds is 12. The summed E-state index contributed by atoms with van der Waals surface area (Å²) in [5, 5.41) is 4.02. The molecule has 1 atom stereocenters. The molecule has 0 radical (unpaired) electrons. The van der Waals surface area contributed by atoms with Crippen molar-refractivity contribution in [3.8, 4) is 0 Å². The average molecular weight is 639 g/mol. The topological polar surface area (TPSA) is 86.8 Å². The fourth-order valence-corrected chi connectivity index (χ4v) is 5.97. The molecule has 0 heterocycles. The molecule has 7 nitrogen and oxygen atoms in total. The van der Waals surface area contributed by atoms with E-state index in [0.717, 1.165) is 16.1 Å². The number of halogens is 3. The predicted molar refractivity (Wildman–Crippen MR) is 167 cm³/mol. The first-order chi connectivity index (χ1) is 19.3. The summed E-state index contributed by atoms with van der Waals surface area (Å²) < 4.78 is 27.0. The van der Waals surface area contributed by atoms with Crippen LogP contribution >= 0.6 is 34.8 Å². The molecule has 0 saturated heterocycles. The Balaban J connectivity index is 2.11. The number of nitrogens with zero attached hydrogens (tertiary/aromatic N) is 2. The Kier molecular flexibility index (Phi) is 11.5. The van der Waals surface area contributed by atoms with Crippen LogP contribution in [0.3, 0.4) is 0 Å². The minimum absolute atomic E-state index is 0.110. The first-order valence-electron chi connectivity index (χ1n) is 13.1. The molecule has 0 saturated carbocycles. The van der Waals surface area contributed by atoms with Crippen LogP contribution in [0.15, 0.2) is 66.7 Å². The maximum atomic E-state index is 14.2. The Hall–Kier alpha value is -2.78. The summed E-state index contributed by atoms with van der Waals surface area (Å²) in [6.07, 6.45) is 1.22. The number of hydrogen-bond acceptors (Lipinski definition) is 4. The van der Waals surface area contributed by atoms with Crippen molar-refractivity contribution in [3.05, 3.63) is 98.5 Å². The summed E-state index contributed by atoms with van der Waals surface area (Å²) in [5.74, 6) is -0.791. The molecule has 2 amide bonds. The lowest BCUT2D eigenvalue weighted by Crippen LogP contribution is -2.53. The molecule has 0 aromatic heterocycles. The van der Waals surface area contributed by atoms with Crippen molar-refractivity contribution in [2.75, 3.05) is 23.7 Å². The lowest BCUT2D eigenvalue weighted by atomic mass is 10.0. The Labute approximate surface area is 257 Å². The lowest BCUT2D eigenvalue weighted by molar-refractivity contribution is -0.140. The average Bonchev–Trinajstić information content (AvgIpc) is 2.89. The molecule has 220 valence electrons. The molecule has 0 unspecified atom stereocenters. The van der Waals surface area contributed by atoms with Crippen LogP contribution in [0.1, 0.15) is 30.5 Å². The van der Waals surface area contributed by atoms with Crippen molar-refractivity contribution in [1.29, 1.82) is 0 Å². The first-order valence-corrected chi connectivity index (χ1v) is 16.0. The third-order valence-corrected chi connectivity index (χ3v) is 8.52. The molecule has 41 heavy (non-hydrogen) atoms. The summed E-state index contributed by atoms with van der Waals surface area (Å²) in [6, 6.07) is 18.0. The van der Waals surface area contributed by atoms with Gasteiger partial charge in [0.15, 0.2) is 0 Å². The van der Waals surface area contributed by atoms with Crippen LogP contribution in [0.2, 0.25) is 15.1 Å². The lowest BCUT2D eigenvalue weighted by Gasteiger charge is -2.34. The Morgan fingerprint density at radius 1 is 0.927 bits per heavy atom. The molecule has 3 rings (SSSR count). The van der Waals surface area contributed by atoms with Gasteiger partial charge in [-0.25, -0.2) is 8.42 Å². The number of nitrogens with one attached hydrogen (secondary N) is 1. The quantitative estimate of drug-likeness (QED) is 0.259. The largest absolute Gasteiger partial charge is 0.354 e. The van der Waals surface area contributed by atoms with Crippen LogP contribution in [-0.2, 0) is 32.6 Å². The Bertz CT molecular complexity index is 1460. The van der Waals surface area contributed by atoms with E-state index < -0.39 is 28.5 Å². The SMILES string of the molecule is Cc1cc(Cl)ccc1N(CC(=O)N(Cc1c(Cl)cccc1Cl)[C@@H](Cc1ccccc1)C(=O)NCC(C)C)S(C)(=O)=O. The van der Waals surface area contributed by atoms with Crippen molar-refractivity contribution in [2.24, 2.45) is 5.92 Å². The number of aryl methyl sites for hydroxylation is 1. The fourth-order valence-electron chi connectivity index (χ4n) is 4.32. The van der Waals surface area contributed by atoms with Crippen LogP contribution in [0, 0.1) is 12.8 Å². The van der Waals surface area contributed by atoms with E-state index >= 15 is 0 Å². The van der Waals surface area contributed by atoms with Crippen molar-refractivity contribution in [3.63, 3.8) is 0 Å². The normalized spacial score (nSPS) is 12.2. The van der Waals surface area contributed by atoms with Gasteiger partial charge in [0, 0.05) is 40.1 Å². The van der Waals surface area contributed by atoms with E-state index in [1.54, 1.807) is 43.3 Å². The van der Waals surface area contributed by atoms with Crippen molar-refractivity contribution in [1.82, 2.24) is 10.2 Å². The van der Waals surface area contributed by atoms with Gasteiger partial charge in [0.1, 0.15) is 12.6 Å². The van der Waals surface area contributed by atoms with E-state index in [1.807, 2.05) is 44.2 Å². The molecule has 0 spiro atoms. The number of benzene rings is 3. The number of sulfonamides is 1. The summed E-state index contributed by atoms with van der Waals surface area (Å²) in [7, 11) is -3.91. The zero-order valence-electron chi connectivity index (χ0n) is 23.4. The molecule has 3 aromatic rings. The molecule has 1 N–H and O–H groups in total. The molecule has 0 fully saturated rings. The molecule has 11 heteroatoms. The third kappa shape index (κ3) is 9.10. The van der Waals surface area contributed by atoms with Gasteiger partial charge in [0.05, 0.1) is 11.9 Å². The second kappa shape index (κ2) is 14.4. The van der Waals surface area contributed by atoms with E-state index in [1.165, 1.54) is 4.90 Å². The van der Waals surface area contributed by atoms with Gasteiger partial charge < -0.3 is 10.2 Å². The van der Waals surface area contributed by atoms with Gasteiger partial charge in [-0.1, -0.05) is 85.0 Å². The number of amides is 2. The maximum absolute atomic E-state index is 14.2. The van der Waals surface area contributed by atoms with Gasteiger partial charge in [-0.05, 0) is 54.3 Å². The van der Waals surface area contributed by atoms with Gasteiger partial charge in [-0.15, -0.1) is 0 Å². The van der Waals surface area contributed by atoms with Crippen LogP contribution in [0.4, 0.5) is 5.69 Å². The minimum atomic E-state index is -3.91. The zero-order chi connectivity index (χ0) is 30.3. The van der Waals surface area contributed by atoms with Gasteiger partial charge in [-0.2, -0.15) is 0 Å². The molecular formula is C30H34Cl3N3O4S. The Morgan fingerprint density at radius 3 is 2.12 bits per heavy atom. The number of carbonyl (C=O) groups is 2. The molecule has 3 aromatic carbocycles. The third-order valence-electron chi connectivity index (χ3n) is 6.45. The Morgan fingerprint density at radius 2 is 1.56 bits per heavy atom. The highest BCUT2D eigenvalue weighted by Crippen LogP contribution is 2.29. The summed E-state index contributed by atoms with van der Waals surface area (Å²) >= 11 is 19.1. The fraction of sp³-hybridized carbons (Fsp3) is 0.333. The second-order valence-electron chi connectivity index (χ2n) is 10.3. The highest BCUT2D eigenvalue weighted by molar-refractivity contribution is 7.92. The van der Waals surface area contributed by atoms with E-state index in [4.69, 9.17) is 34.8 Å². The van der Waals surface area contributed by atoms with Crippen LogP contribution in [-0.4, -0.2) is 50.5 Å². The van der Waals surface area contributed by atoms with Crippen molar-refractivity contribution < 1.29 is 18.0 Å². The van der Waals surface area contributed by atoms with Crippen LogP contribution in [0.25, 0.3) is 0 Å². The van der Waals surface area contributed by atoms with Crippen molar-refractivity contribution >= 4 is 62.3 Å². The summed E-state index contributed by atoms with van der Waals surface area (Å²) in [6.45, 7) is 5.39. The highest BCUT2D eigenvalue weighted by Gasteiger charge is 2.34.